The SMILES string of the molecule is C=C/C(F)=C(/CNC)C(=C)F.CC. The van der Waals surface area contributed by atoms with Crippen LogP contribution in [0.5, 0.6) is 0 Å². The van der Waals surface area contributed by atoms with Gasteiger partial charge in [-0.25, -0.2) is 8.78 Å². The van der Waals surface area contributed by atoms with Crippen molar-refractivity contribution >= 4 is 0 Å². The Labute approximate surface area is 78.8 Å². The molecule has 0 bridgehead atoms. The first kappa shape index (κ1) is 14.6. The van der Waals surface area contributed by atoms with Crippen molar-refractivity contribution in [1.82, 2.24) is 5.32 Å². The number of likely N-dealkylation sites (N-methyl/N-ethyl adjacent to an activating group) is 1. The summed E-state index contributed by atoms with van der Waals surface area (Å²) in [7, 11) is 1.60. The zero-order chi connectivity index (χ0) is 10.9. The second kappa shape index (κ2) is 9.13. The van der Waals surface area contributed by atoms with E-state index < -0.39 is 11.7 Å². The monoisotopic (exact) mass is 189 g/mol. The second-order valence-corrected chi connectivity index (χ2v) is 1.97. The normalized spacial score (nSPS) is 10.8. The zero-order valence-electron chi connectivity index (χ0n) is 8.45. The molecule has 3 heteroatoms. The van der Waals surface area contributed by atoms with Crippen LogP contribution in [0.4, 0.5) is 8.78 Å². The molecule has 13 heavy (non-hydrogen) atoms. The predicted molar refractivity (Wildman–Crippen MR) is 53.9 cm³/mol. The van der Waals surface area contributed by atoms with Crippen molar-refractivity contribution < 1.29 is 8.78 Å². The molecule has 0 unspecified atom stereocenters. The molecule has 0 rings (SSSR count). The third-order valence-electron chi connectivity index (χ3n) is 1.15. The smallest absolute Gasteiger partial charge is 0.130 e. The van der Waals surface area contributed by atoms with Crippen LogP contribution in [0.3, 0.4) is 0 Å². The Bertz CT molecular complexity index is 195. The summed E-state index contributed by atoms with van der Waals surface area (Å²) in [5, 5.41) is 2.62. The molecule has 0 aromatic heterocycles. The molecule has 0 aliphatic carbocycles. The van der Waals surface area contributed by atoms with Crippen molar-refractivity contribution in [3.8, 4) is 0 Å². The minimum Gasteiger partial charge on any atom is -0.315 e. The van der Waals surface area contributed by atoms with Crippen molar-refractivity contribution in [1.29, 1.82) is 0 Å². The fourth-order valence-electron chi connectivity index (χ4n) is 0.610. The van der Waals surface area contributed by atoms with E-state index in [0.29, 0.717) is 0 Å². The predicted octanol–water partition coefficient (Wildman–Crippen LogP) is 3.12. The molecule has 0 atom stereocenters. The summed E-state index contributed by atoms with van der Waals surface area (Å²) in [6.45, 7) is 10.3. The summed E-state index contributed by atoms with van der Waals surface area (Å²) in [6, 6.07) is 0. The van der Waals surface area contributed by atoms with Gasteiger partial charge in [-0.1, -0.05) is 27.0 Å². The van der Waals surface area contributed by atoms with Gasteiger partial charge in [0.05, 0.1) is 0 Å². The third-order valence-corrected chi connectivity index (χ3v) is 1.15. The van der Waals surface area contributed by atoms with Crippen LogP contribution >= 0.6 is 0 Å². The summed E-state index contributed by atoms with van der Waals surface area (Å²) in [4.78, 5) is 0. The lowest BCUT2D eigenvalue weighted by Crippen LogP contribution is -2.11. The van der Waals surface area contributed by atoms with E-state index in [4.69, 9.17) is 0 Å². The highest BCUT2D eigenvalue weighted by molar-refractivity contribution is 5.31. The topological polar surface area (TPSA) is 12.0 Å². The van der Waals surface area contributed by atoms with E-state index in [0.717, 1.165) is 6.08 Å². The van der Waals surface area contributed by atoms with Gasteiger partial charge in [0, 0.05) is 12.1 Å². The van der Waals surface area contributed by atoms with Crippen LogP contribution in [-0.4, -0.2) is 13.6 Å². The van der Waals surface area contributed by atoms with Crippen LogP contribution in [0.25, 0.3) is 0 Å². The molecule has 0 aromatic rings. The van der Waals surface area contributed by atoms with Crippen LogP contribution in [0.2, 0.25) is 0 Å². The van der Waals surface area contributed by atoms with Gasteiger partial charge < -0.3 is 5.32 Å². The van der Waals surface area contributed by atoms with E-state index in [2.05, 4.69) is 18.5 Å². The third kappa shape index (κ3) is 6.22. The number of halogens is 2. The summed E-state index contributed by atoms with van der Waals surface area (Å²) in [5.74, 6) is -1.44. The van der Waals surface area contributed by atoms with Crippen LogP contribution in [0.15, 0.2) is 36.5 Å². The van der Waals surface area contributed by atoms with E-state index >= 15 is 0 Å². The van der Waals surface area contributed by atoms with E-state index in [9.17, 15) is 8.78 Å². The fourth-order valence-corrected chi connectivity index (χ4v) is 0.610. The molecule has 0 heterocycles. The van der Waals surface area contributed by atoms with Crippen molar-refractivity contribution in [2.45, 2.75) is 13.8 Å². The Hall–Kier alpha value is -0.960. The molecule has 1 N–H and O–H groups in total. The maximum absolute atomic E-state index is 12.7. The van der Waals surface area contributed by atoms with E-state index in [1.807, 2.05) is 13.8 Å². The number of allylic oxidation sites excluding steroid dienone is 2. The first-order chi connectivity index (χ1) is 6.13. The van der Waals surface area contributed by atoms with Crippen LogP contribution in [0.1, 0.15) is 13.8 Å². The number of hydrogen-bond acceptors (Lipinski definition) is 1. The van der Waals surface area contributed by atoms with Gasteiger partial charge >= 0.3 is 0 Å². The molecule has 0 spiro atoms. The van der Waals surface area contributed by atoms with Gasteiger partial charge in [-0.3, -0.25) is 0 Å². The van der Waals surface area contributed by atoms with Crippen molar-refractivity contribution in [2.24, 2.45) is 0 Å². The van der Waals surface area contributed by atoms with Crippen molar-refractivity contribution in [2.75, 3.05) is 13.6 Å². The molecular formula is C10H17F2N. The Morgan fingerprint density at radius 1 is 1.38 bits per heavy atom. The second-order valence-electron chi connectivity index (χ2n) is 1.97. The lowest BCUT2D eigenvalue weighted by molar-refractivity contribution is 0.599. The Kier molecular flexibility index (Phi) is 10.2. The average Bonchev–Trinajstić information content (AvgIpc) is 2.15. The molecule has 0 radical (unpaired) electrons. The maximum atomic E-state index is 12.7. The summed E-state index contributed by atoms with van der Waals surface area (Å²) >= 11 is 0. The van der Waals surface area contributed by atoms with E-state index in [1.54, 1.807) is 7.05 Å². The standard InChI is InChI=1S/C8H11F2N.C2H6/c1-4-8(10)7(5-11-3)6(2)9;1-2/h4,11H,1-2,5H2,3H3;1-2H3/b8-7+;. The summed E-state index contributed by atoms with van der Waals surface area (Å²) in [5.41, 5.74) is -0.0810. The zero-order valence-corrected chi connectivity index (χ0v) is 8.45. The molecule has 0 fully saturated rings. The lowest BCUT2D eigenvalue weighted by atomic mass is 10.2. The molecule has 0 aromatic carbocycles. The highest BCUT2D eigenvalue weighted by Crippen LogP contribution is 2.15. The molecule has 0 amide bonds. The van der Waals surface area contributed by atoms with Gasteiger partial charge in [0.1, 0.15) is 11.7 Å². The first-order valence-electron chi connectivity index (χ1n) is 4.14. The van der Waals surface area contributed by atoms with E-state index in [-0.39, 0.29) is 12.1 Å². The van der Waals surface area contributed by atoms with Gasteiger partial charge in [0.15, 0.2) is 0 Å². The Morgan fingerprint density at radius 3 is 2.08 bits per heavy atom. The Balaban J connectivity index is 0. The minimum atomic E-state index is -0.767. The van der Waals surface area contributed by atoms with Gasteiger partial charge in [-0.05, 0) is 13.1 Å². The molecule has 0 saturated carbocycles. The molecule has 0 saturated heterocycles. The van der Waals surface area contributed by atoms with Gasteiger partial charge in [0.25, 0.3) is 0 Å². The van der Waals surface area contributed by atoms with Gasteiger partial charge in [-0.15, -0.1) is 0 Å². The highest BCUT2D eigenvalue weighted by Gasteiger charge is 2.05. The fraction of sp³-hybridized carbons (Fsp3) is 0.400. The number of nitrogens with one attached hydrogen (secondary N) is 1. The number of hydrogen-bond donors (Lipinski definition) is 1. The summed E-state index contributed by atoms with van der Waals surface area (Å²) < 4.78 is 25.1. The van der Waals surface area contributed by atoms with Crippen LogP contribution < -0.4 is 5.32 Å². The van der Waals surface area contributed by atoms with Crippen molar-refractivity contribution in [3.63, 3.8) is 0 Å². The molecule has 0 aliphatic heterocycles. The highest BCUT2D eigenvalue weighted by atomic mass is 19.1. The largest absolute Gasteiger partial charge is 0.315 e. The van der Waals surface area contributed by atoms with Crippen LogP contribution in [-0.2, 0) is 0 Å². The van der Waals surface area contributed by atoms with Crippen LogP contribution in [0, 0.1) is 0 Å². The molecular weight excluding hydrogens is 172 g/mol. The number of rotatable bonds is 4. The quantitative estimate of drug-likeness (QED) is 0.670. The molecule has 0 aliphatic rings. The summed E-state index contributed by atoms with van der Waals surface area (Å²) in [6.07, 6.45) is 0.956. The maximum Gasteiger partial charge on any atom is 0.130 e. The average molecular weight is 189 g/mol. The van der Waals surface area contributed by atoms with Gasteiger partial charge in [-0.2, -0.15) is 0 Å². The van der Waals surface area contributed by atoms with E-state index in [1.165, 1.54) is 0 Å². The first-order valence-corrected chi connectivity index (χ1v) is 4.14. The minimum absolute atomic E-state index is 0.0810. The molecule has 76 valence electrons. The lowest BCUT2D eigenvalue weighted by Gasteiger charge is -2.02. The Morgan fingerprint density at radius 2 is 1.85 bits per heavy atom. The van der Waals surface area contributed by atoms with Gasteiger partial charge in [0.2, 0.25) is 0 Å². The van der Waals surface area contributed by atoms with Crippen molar-refractivity contribution in [3.05, 3.63) is 36.5 Å². The molecule has 1 nitrogen and oxygen atoms in total.